The Morgan fingerprint density at radius 3 is 2.81 bits per heavy atom. The van der Waals surface area contributed by atoms with E-state index < -0.39 is 4.92 Å². The van der Waals surface area contributed by atoms with E-state index in [1.165, 1.54) is 23.9 Å². The average Bonchev–Trinajstić information content (AvgIpc) is 2.65. The summed E-state index contributed by atoms with van der Waals surface area (Å²) in [5.41, 5.74) is 1.18. The van der Waals surface area contributed by atoms with E-state index in [2.05, 4.69) is 4.98 Å². The Hall–Kier alpha value is -1.82. The third-order valence-electron chi connectivity index (χ3n) is 2.32. The van der Waals surface area contributed by atoms with Gasteiger partial charge in [-0.2, -0.15) is 0 Å². The maximum Gasteiger partial charge on any atom is 0.271 e. The predicted octanol–water partition coefficient (Wildman–Crippen LogP) is 2.61. The van der Waals surface area contributed by atoms with Gasteiger partial charge in [-0.15, -0.1) is 11.8 Å². The van der Waals surface area contributed by atoms with Crippen molar-refractivity contribution in [3.05, 3.63) is 33.9 Å². The van der Waals surface area contributed by atoms with Crippen LogP contribution in [-0.2, 0) is 0 Å². The summed E-state index contributed by atoms with van der Waals surface area (Å²) in [7, 11) is 0. The van der Waals surface area contributed by atoms with Crippen LogP contribution in [0.2, 0.25) is 0 Å². The van der Waals surface area contributed by atoms with Crippen LogP contribution < -0.4 is 0 Å². The standard InChI is InChI=1S/C10H8N2O3S/c1-16-10-8(5-13)7-3-2-6(12(14)15)4-9(7)11-10/h2-5,11H,1H3. The number of carbonyl (C=O) groups is 1. The summed E-state index contributed by atoms with van der Waals surface area (Å²) in [5.74, 6) is 0. The number of fused-ring (bicyclic) bond motifs is 1. The van der Waals surface area contributed by atoms with Gasteiger partial charge in [0.1, 0.15) is 0 Å². The van der Waals surface area contributed by atoms with Crippen LogP contribution in [0.3, 0.4) is 0 Å². The van der Waals surface area contributed by atoms with Crippen LogP contribution >= 0.6 is 11.8 Å². The van der Waals surface area contributed by atoms with Gasteiger partial charge in [-0.25, -0.2) is 0 Å². The van der Waals surface area contributed by atoms with Crippen LogP contribution in [0, 0.1) is 10.1 Å². The Morgan fingerprint density at radius 2 is 2.25 bits per heavy atom. The molecule has 1 aromatic carbocycles. The molecule has 0 amide bonds. The lowest BCUT2D eigenvalue weighted by molar-refractivity contribution is -0.384. The lowest BCUT2D eigenvalue weighted by atomic mass is 10.2. The minimum absolute atomic E-state index is 0.0128. The van der Waals surface area contributed by atoms with E-state index in [0.717, 1.165) is 11.3 Å². The van der Waals surface area contributed by atoms with Crippen molar-refractivity contribution >= 4 is 34.6 Å². The van der Waals surface area contributed by atoms with Crippen molar-refractivity contribution in [2.75, 3.05) is 6.26 Å². The van der Waals surface area contributed by atoms with Gasteiger partial charge in [0.25, 0.3) is 5.69 Å². The molecule has 0 bridgehead atoms. The molecule has 0 saturated heterocycles. The molecule has 0 atom stereocenters. The molecule has 1 N–H and O–H groups in total. The second-order valence-corrected chi connectivity index (χ2v) is 3.99. The maximum absolute atomic E-state index is 10.9. The van der Waals surface area contributed by atoms with Crippen molar-refractivity contribution in [2.24, 2.45) is 0 Å². The average molecular weight is 236 g/mol. The summed E-state index contributed by atoms with van der Waals surface area (Å²) in [5, 5.41) is 12.0. The molecule has 2 aromatic rings. The van der Waals surface area contributed by atoms with Crippen molar-refractivity contribution < 1.29 is 9.72 Å². The van der Waals surface area contributed by atoms with Crippen LogP contribution in [-0.4, -0.2) is 22.4 Å². The molecule has 0 aliphatic rings. The number of thioether (sulfide) groups is 1. The van der Waals surface area contributed by atoms with Gasteiger partial charge in [-0.05, 0) is 12.3 Å². The van der Waals surface area contributed by atoms with Crippen LogP contribution in [0.25, 0.3) is 10.9 Å². The second kappa shape index (κ2) is 3.97. The Labute approximate surface area is 95.0 Å². The number of hydrogen-bond acceptors (Lipinski definition) is 4. The summed E-state index contributed by atoms with van der Waals surface area (Å²) >= 11 is 1.40. The van der Waals surface area contributed by atoms with Gasteiger partial charge in [0.15, 0.2) is 6.29 Å². The summed E-state index contributed by atoms with van der Waals surface area (Å²) in [6.45, 7) is 0. The molecule has 82 valence electrons. The molecule has 0 fully saturated rings. The zero-order valence-corrected chi connectivity index (χ0v) is 9.21. The number of nitrogens with one attached hydrogen (secondary N) is 1. The first kappa shape index (κ1) is 10.7. The van der Waals surface area contributed by atoms with Crippen molar-refractivity contribution in [1.82, 2.24) is 4.98 Å². The molecule has 0 aliphatic carbocycles. The minimum atomic E-state index is -0.459. The lowest BCUT2D eigenvalue weighted by Gasteiger charge is -1.92. The Kier molecular flexibility index (Phi) is 2.66. The number of aromatic nitrogens is 1. The molecule has 0 spiro atoms. The first-order chi connectivity index (χ1) is 7.67. The van der Waals surface area contributed by atoms with E-state index >= 15 is 0 Å². The minimum Gasteiger partial charge on any atom is -0.349 e. The van der Waals surface area contributed by atoms with Gasteiger partial charge in [0.05, 0.1) is 21.0 Å². The van der Waals surface area contributed by atoms with Gasteiger partial charge in [-0.3, -0.25) is 14.9 Å². The predicted molar refractivity (Wildman–Crippen MR) is 62.1 cm³/mol. The van der Waals surface area contributed by atoms with Gasteiger partial charge in [0.2, 0.25) is 0 Å². The number of H-pyrrole nitrogens is 1. The molecule has 6 heteroatoms. The number of nitro groups is 1. The van der Waals surface area contributed by atoms with Crippen molar-refractivity contribution in [2.45, 2.75) is 5.03 Å². The Morgan fingerprint density at radius 1 is 1.50 bits per heavy atom. The molecule has 2 rings (SSSR count). The zero-order valence-electron chi connectivity index (χ0n) is 8.39. The molecule has 0 aliphatic heterocycles. The molecule has 0 radical (unpaired) electrons. The van der Waals surface area contributed by atoms with Crippen molar-refractivity contribution in [3.8, 4) is 0 Å². The highest BCUT2D eigenvalue weighted by Gasteiger charge is 2.13. The number of rotatable bonds is 3. The SMILES string of the molecule is CSc1[nH]c2cc([N+](=O)[O-])ccc2c1C=O. The first-order valence-electron chi connectivity index (χ1n) is 4.46. The molecule has 5 nitrogen and oxygen atoms in total. The summed E-state index contributed by atoms with van der Waals surface area (Å²) < 4.78 is 0. The van der Waals surface area contributed by atoms with Gasteiger partial charge < -0.3 is 4.98 Å². The van der Waals surface area contributed by atoms with E-state index in [4.69, 9.17) is 0 Å². The lowest BCUT2D eigenvalue weighted by Crippen LogP contribution is -1.86. The van der Waals surface area contributed by atoms with E-state index in [1.54, 1.807) is 6.07 Å². The fourth-order valence-electron chi connectivity index (χ4n) is 1.57. The van der Waals surface area contributed by atoms with Crippen molar-refractivity contribution in [3.63, 3.8) is 0 Å². The number of non-ortho nitro benzene ring substituents is 1. The maximum atomic E-state index is 10.9. The summed E-state index contributed by atoms with van der Waals surface area (Å²) in [6, 6.07) is 4.42. The smallest absolute Gasteiger partial charge is 0.271 e. The Bertz CT molecular complexity index is 577. The fraction of sp³-hybridized carbons (Fsp3) is 0.100. The van der Waals surface area contributed by atoms with E-state index in [1.807, 2.05) is 6.26 Å². The van der Waals surface area contributed by atoms with Gasteiger partial charge in [0, 0.05) is 17.5 Å². The largest absolute Gasteiger partial charge is 0.349 e. The summed E-state index contributed by atoms with van der Waals surface area (Å²) in [6.07, 6.45) is 2.60. The number of nitrogens with zero attached hydrogens (tertiary/aromatic N) is 1. The molecule has 16 heavy (non-hydrogen) atoms. The second-order valence-electron chi connectivity index (χ2n) is 3.18. The third kappa shape index (κ3) is 1.57. The molecular weight excluding hydrogens is 228 g/mol. The molecule has 0 unspecified atom stereocenters. The number of benzene rings is 1. The Balaban J connectivity index is 2.72. The normalized spacial score (nSPS) is 10.6. The quantitative estimate of drug-likeness (QED) is 0.384. The number of aldehydes is 1. The van der Waals surface area contributed by atoms with E-state index in [-0.39, 0.29) is 5.69 Å². The van der Waals surface area contributed by atoms with Crippen LogP contribution in [0.5, 0.6) is 0 Å². The topological polar surface area (TPSA) is 76.0 Å². The van der Waals surface area contributed by atoms with Crippen molar-refractivity contribution in [1.29, 1.82) is 0 Å². The monoisotopic (exact) mass is 236 g/mol. The highest BCUT2D eigenvalue weighted by molar-refractivity contribution is 7.98. The molecule has 0 saturated carbocycles. The third-order valence-corrected chi connectivity index (χ3v) is 3.05. The molecular formula is C10H8N2O3S. The number of aromatic amines is 1. The number of nitro benzene ring substituents is 1. The van der Waals surface area contributed by atoms with Gasteiger partial charge >= 0.3 is 0 Å². The first-order valence-corrected chi connectivity index (χ1v) is 5.69. The van der Waals surface area contributed by atoms with Crippen LogP contribution in [0.1, 0.15) is 10.4 Å². The highest BCUT2D eigenvalue weighted by atomic mass is 32.2. The molecule has 1 heterocycles. The summed E-state index contributed by atoms with van der Waals surface area (Å²) in [4.78, 5) is 24.0. The zero-order chi connectivity index (χ0) is 11.7. The van der Waals surface area contributed by atoms with Crippen LogP contribution in [0.15, 0.2) is 23.2 Å². The number of hydrogen-bond donors (Lipinski definition) is 1. The fourth-order valence-corrected chi connectivity index (χ4v) is 2.16. The molecule has 1 aromatic heterocycles. The van der Waals surface area contributed by atoms with E-state index in [9.17, 15) is 14.9 Å². The highest BCUT2D eigenvalue weighted by Crippen LogP contribution is 2.29. The number of carbonyl (C=O) groups excluding carboxylic acids is 1. The van der Waals surface area contributed by atoms with Gasteiger partial charge in [-0.1, -0.05) is 0 Å². The van der Waals surface area contributed by atoms with E-state index in [0.29, 0.717) is 16.5 Å². The van der Waals surface area contributed by atoms with Crippen LogP contribution in [0.4, 0.5) is 5.69 Å².